The van der Waals surface area contributed by atoms with Gasteiger partial charge in [0.05, 0.1) is 17.6 Å². The quantitative estimate of drug-likeness (QED) is 0.872. The van der Waals surface area contributed by atoms with Crippen LogP contribution in [0.4, 0.5) is 0 Å². The predicted molar refractivity (Wildman–Crippen MR) is 103 cm³/mol. The average molecular weight is 388 g/mol. The minimum Gasteiger partial charge on any atom is -0.496 e. The van der Waals surface area contributed by atoms with Crippen molar-refractivity contribution in [3.63, 3.8) is 0 Å². The van der Waals surface area contributed by atoms with Gasteiger partial charge in [-0.2, -0.15) is 0 Å². The smallest absolute Gasteiger partial charge is 0.257 e. The number of hydrogen-bond donors (Lipinski definition) is 1. The number of amides is 1. The summed E-state index contributed by atoms with van der Waals surface area (Å²) in [5, 5.41) is 5.22. The molecule has 1 aliphatic heterocycles. The van der Waals surface area contributed by atoms with Crippen LogP contribution >= 0.6 is 0 Å². The number of rotatable bonds is 4. The van der Waals surface area contributed by atoms with Crippen LogP contribution in [0.25, 0.3) is 0 Å². The van der Waals surface area contributed by atoms with Crippen LogP contribution in [0.2, 0.25) is 0 Å². The molecule has 3 rings (SSSR count). The molecule has 2 N–H and O–H groups in total. The molecule has 0 radical (unpaired) electrons. The summed E-state index contributed by atoms with van der Waals surface area (Å²) in [5.74, 6) is 0.257. The number of primary sulfonamides is 1. The number of carbonyl (C=O) groups is 1. The molecule has 6 nitrogen and oxygen atoms in total. The number of ether oxygens (including phenoxy) is 1. The Bertz CT molecular complexity index is 955. The highest BCUT2D eigenvalue weighted by molar-refractivity contribution is 7.89. The van der Waals surface area contributed by atoms with Crippen molar-refractivity contribution >= 4 is 15.9 Å². The van der Waals surface area contributed by atoms with Crippen molar-refractivity contribution < 1.29 is 17.9 Å². The van der Waals surface area contributed by atoms with Gasteiger partial charge in [-0.1, -0.05) is 44.2 Å². The zero-order chi connectivity index (χ0) is 19.8. The lowest BCUT2D eigenvalue weighted by atomic mass is 9.78. The maximum Gasteiger partial charge on any atom is 0.257 e. The first-order chi connectivity index (χ1) is 12.6. The molecule has 7 heteroatoms. The molecule has 0 bridgehead atoms. The fraction of sp³-hybridized carbons (Fsp3) is 0.350. The largest absolute Gasteiger partial charge is 0.496 e. The van der Waals surface area contributed by atoms with Crippen LogP contribution in [0.3, 0.4) is 0 Å². The van der Waals surface area contributed by atoms with E-state index in [0.29, 0.717) is 18.8 Å². The van der Waals surface area contributed by atoms with Gasteiger partial charge in [0.1, 0.15) is 5.75 Å². The van der Waals surface area contributed by atoms with Crippen LogP contribution in [-0.2, 0) is 10.0 Å². The first-order valence-corrected chi connectivity index (χ1v) is 10.2. The highest BCUT2D eigenvalue weighted by Crippen LogP contribution is 2.43. The summed E-state index contributed by atoms with van der Waals surface area (Å²) in [6.45, 7) is 5.39. The fourth-order valence-corrected chi connectivity index (χ4v) is 4.27. The number of hydrogen-bond acceptors (Lipinski definition) is 4. The van der Waals surface area contributed by atoms with Crippen molar-refractivity contribution in [2.75, 3.05) is 20.2 Å². The molecule has 2 aromatic carbocycles. The molecular weight excluding hydrogens is 364 g/mol. The van der Waals surface area contributed by atoms with E-state index < -0.39 is 10.0 Å². The third kappa shape index (κ3) is 3.84. The number of nitrogens with two attached hydrogens (primary N) is 1. The van der Waals surface area contributed by atoms with Crippen LogP contribution in [-0.4, -0.2) is 39.4 Å². The van der Waals surface area contributed by atoms with Gasteiger partial charge in [-0.25, -0.2) is 13.6 Å². The molecule has 0 saturated carbocycles. The Labute approximate surface area is 160 Å². The number of sulfonamides is 1. The first kappa shape index (κ1) is 19.4. The van der Waals surface area contributed by atoms with Gasteiger partial charge in [-0.05, 0) is 29.2 Å². The van der Waals surface area contributed by atoms with E-state index in [4.69, 9.17) is 9.88 Å². The van der Waals surface area contributed by atoms with Crippen molar-refractivity contribution in [1.82, 2.24) is 4.90 Å². The maximum absolute atomic E-state index is 13.2. The highest BCUT2D eigenvalue weighted by atomic mass is 32.2. The van der Waals surface area contributed by atoms with E-state index in [0.717, 1.165) is 0 Å². The summed E-state index contributed by atoms with van der Waals surface area (Å²) in [6, 6.07) is 14.2. The van der Waals surface area contributed by atoms with E-state index in [-0.39, 0.29) is 27.7 Å². The van der Waals surface area contributed by atoms with E-state index in [1.807, 2.05) is 18.2 Å². The molecule has 1 fully saturated rings. The number of carbonyl (C=O) groups excluding carboxylic acids is 1. The van der Waals surface area contributed by atoms with Crippen molar-refractivity contribution in [2.45, 2.75) is 24.7 Å². The van der Waals surface area contributed by atoms with E-state index in [1.54, 1.807) is 4.90 Å². The maximum atomic E-state index is 13.2. The van der Waals surface area contributed by atoms with Gasteiger partial charge in [0.2, 0.25) is 10.0 Å². The Kier molecular flexibility index (Phi) is 5.01. The molecular formula is C20H24N2O4S. The van der Waals surface area contributed by atoms with E-state index in [2.05, 4.69) is 26.0 Å². The summed E-state index contributed by atoms with van der Waals surface area (Å²) in [7, 11) is -2.46. The first-order valence-electron chi connectivity index (χ1n) is 8.68. The molecule has 0 aliphatic carbocycles. The molecule has 27 heavy (non-hydrogen) atoms. The van der Waals surface area contributed by atoms with Crippen LogP contribution in [0.1, 0.15) is 35.7 Å². The van der Waals surface area contributed by atoms with Crippen LogP contribution in [0, 0.1) is 5.41 Å². The van der Waals surface area contributed by atoms with Crippen molar-refractivity contribution in [1.29, 1.82) is 0 Å². The highest BCUT2D eigenvalue weighted by Gasteiger charge is 2.42. The third-order valence-corrected chi connectivity index (χ3v) is 6.07. The summed E-state index contributed by atoms with van der Waals surface area (Å²) in [4.78, 5) is 14.8. The Morgan fingerprint density at radius 3 is 2.44 bits per heavy atom. The fourth-order valence-electron chi connectivity index (χ4n) is 3.73. The minimum atomic E-state index is -3.91. The van der Waals surface area contributed by atoms with E-state index in [1.165, 1.54) is 30.9 Å². The van der Waals surface area contributed by atoms with E-state index in [9.17, 15) is 13.2 Å². The molecule has 1 amide bonds. The van der Waals surface area contributed by atoms with Gasteiger partial charge in [-0.3, -0.25) is 4.79 Å². The minimum absolute atomic E-state index is 0.107. The zero-order valence-electron chi connectivity index (χ0n) is 15.7. The summed E-state index contributed by atoms with van der Waals surface area (Å²) >= 11 is 0. The Morgan fingerprint density at radius 1 is 1.19 bits per heavy atom. The Hall–Kier alpha value is -2.38. The molecule has 1 heterocycles. The monoisotopic (exact) mass is 388 g/mol. The van der Waals surface area contributed by atoms with Crippen molar-refractivity contribution in [3.8, 4) is 5.75 Å². The van der Waals surface area contributed by atoms with Gasteiger partial charge in [0.25, 0.3) is 5.91 Å². The molecule has 1 saturated heterocycles. The third-order valence-electron chi connectivity index (χ3n) is 5.16. The van der Waals surface area contributed by atoms with Gasteiger partial charge in [0.15, 0.2) is 0 Å². The summed E-state index contributed by atoms with van der Waals surface area (Å²) in [5.41, 5.74) is 1.28. The van der Waals surface area contributed by atoms with Crippen LogP contribution in [0.5, 0.6) is 5.75 Å². The van der Waals surface area contributed by atoms with Crippen molar-refractivity contribution in [3.05, 3.63) is 59.7 Å². The SMILES string of the molecule is COc1ccc(S(N)(=O)=O)cc1C(=O)N1C[C@@H](c2ccccc2)C(C)(C)C1. The van der Waals surface area contributed by atoms with Gasteiger partial charge < -0.3 is 9.64 Å². The van der Waals surface area contributed by atoms with E-state index >= 15 is 0 Å². The lowest BCUT2D eigenvalue weighted by Gasteiger charge is -2.25. The molecule has 0 spiro atoms. The second kappa shape index (κ2) is 6.98. The lowest BCUT2D eigenvalue weighted by Crippen LogP contribution is -2.30. The lowest BCUT2D eigenvalue weighted by molar-refractivity contribution is 0.0774. The summed E-state index contributed by atoms with van der Waals surface area (Å²) in [6.07, 6.45) is 0. The van der Waals surface area contributed by atoms with Crippen LogP contribution in [0.15, 0.2) is 53.4 Å². The molecule has 1 aliphatic rings. The molecule has 144 valence electrons. The number of benzene rings is 2. The molecule has 1 atom stereocenters. The Morgan fingerprint density at radius 2 is 1.85 bits per heavy atom. The van der Waals surface area contributed by atoms with Crippen LogP contribution < -0.4 is 9.88 Å². The standard InChI is InChI=1S/C20H24N2O4S/c1-20(2)13-22(12-17(20)14-7-5-4-6-8-14)19(23)16-11-15(27(21,24)25)9-10-18(16)26-3/h4-11,17H,12-13H2,1-3H3,(H2,21,24,25)/t17-/m0/s1. The molecule has 2 aromatic rings. The van der Waals surface area contributed by atoms with Gasteiger partial charge in [0, 0.05) is 19.0 Å². The zero-order valence-corrected chi connectivity index (χ0v) is 16.5. The average Bonchev–Trinajstić information content (AvgIpc) is 2.95. The van der Waals surface area contributed by atoms with Crippen molar-refractivity contribution in [2.24, 2.45) is 10.6 Å². The molecule has 0 unspecified atom stereocenters. The number of likely N-dealkylation sites (tertiary alicyclic amines) is 1. The number of methoxy groups -OCH3 is 1. The number of nitrogens with zero attached hydrogens (tertiary/aromatic N) is 1. The van der Waals surface area contributed by atoms with Gasteiger partial charge >= 0.3 is 0 Å². The van der Waals surface area contributed by atoms with Gasteiger partial charge in [-0.15, -0.1) is 0 Å². The topological polar surface area (TPSA) is 89.7 Å². The normalized spacial score (nSPS) is 19.1. The predicted octanol–water partition coefficient (Wildman–Crippen LogP) is 2.61. The molecule has 0 aromatic heterocycles. The Balaban J connectivity index is 1.95. The second-order valence-electron chi connectivity index (χ2n) is 7.54. The summed E-state index contributed by atoms with van der Waals surface area (Å²) < 4.78 is 28.6. The second-order valence-corrected chi connectivity index (χ2v) is 9.11.